The Morgan fingerprint density at radius 1 is 0.481 bits per heavy atom. The second-order valence-corrected chi connectivity index (χ2v) is 19.0. The van der Waals surface area contributed by atoms with Crippen LogP contribution in [0.25, 0.3) is 21.9 Å². The third-order valence-corrected chi connectivity index (χ3v) is 13.0. The van der Waals surface area contributed by atoms with Crippen molar-refractivity contribution in [2.45, 2.75) is 56.7 Å². The lowest BCUT2D eigenvalue weighted by molar-refractivity contribution is -0.141. The lowest BCUT2D eigenvalue weighted by Gasteiger charge is -2.32. The van der Waals surface area contributed by atoms with Crippen molar-refractivity contribution in [3.63, 3.8) is 0 Å². The van der Waals surface area contributed by atoms with Gasteiger partial charge in [-0.2, -0.15) is 0 Å². The summed E-state index contributed by atoms with van der Waals surface area (Å²) in [5.41, 5.74) is 3.01. The number of aliphatic carboxylic acids is 6. The van der Waals surface area contributed by atoms with E-state index in [1.54, 1.807) is 63.2 Å². The molecule has 4 aromatic rings. The number of carboxylic acid groups (broad SMARTS) is 6. The second kappa shape index (κ2) is 31.0. The Kier molecular flexibility index (Phi) is 24.1. The van der Waals surface area contributed by atoms with Gasteiger partial charge in [0.2, 0.25) is 11.8 Å². The molecule has 25 nitrogen and oxygen atoms in total. The van der Waals surface area contributed by atoms with E-state index >= 15 is 0 Å². The summed E-state index contributed by atoms with van der Waals surface area (Å²) in [7, 11) is 0. The average Bonchev–Trinajstić information content (AvgIpc) is 3.40. The van der Waals surface area contributed by atoms with Gasteiger partial charge in [-0.1, -0.05) is 66.7 Å². The maximum absolute atomic E-state index is 13.8. The van der Waals surface area contributed by atoms with Gasteiger partial charge in [0.05, 0.1) is 26.2 Å². The van der Waals surface area contributed by atoms with Crippen molar-refractivity contribution in [2.24, 2.45) is 0 Å². The van der Waals surface area contributed by atoms with E-state index in [0.29, 0.717) is 5.69 Å². The standard InChI is InChI=1S/C54H67N9O16/c64-45(31-60-21-23-61(32-47(67)68)25-27-63(34-49(71)72)28-26-62(24-22-60)33-48(69)70)56-41-16-14-38(15-17-41)37-10-12-39(13-11-37)50(73)57-44(30-35-8-9-36-5-1-2-6-40(36)29-35)51(74)55-20-4-3-7-42(52(75)76)58-54(79)59-43(53(77)78)18-19-46(65)66/h1-2,5-6,8-17,29,42-44H,3-4,7,18-28,30-34H2,(H,55,74)(H,56,64)(H,57,73)(H,65,66)(H,67,68)(H,69,70)(H,71,72)(H,75,76)(H,77,78)(H2,58,59,79)/t42-,43-,44-/m0/s1. The van der Waals surface area contributed by atoms with Gasteiger partial charge in [-0.15, -0.1) is 0 Å². The minimum absolute atomic E-state index is 0.0798. The smallest absolute Gasteiger partial charge is 0.326 e. The summed E-state index contributed by atoms with van der Waals surface area (Å²) in [6.07, 6.45) is -0.434. The molecule has 1 aliphatic heterocycles. The summed E-state index contributed by atoms with van der Waals surface area (Å²) in [5.74, 6) is -8.72. The molecule has 0 unspecified atom stereocenters. The molecular formula is C54H67N9O16. The molecule has 3 atom stereocenters. The molecule has 5 amide bonds. The number of amides is 5. The van der Waals surface area contributed by atoms with Crippen LogP contribution in [0.15, 0.2) is 91.0 Å². The highest BCUT2D eigenvalue weighted by Crippen LogP contribution is 2.23. The van der Waals surface area contributed by atoms with Crippen molar-refractivity contribution < 1.29 is 78.6 Å². The van der Waals surface area contributed by atoms with Gasteiger partial charge in [0.15, 0.2) is 0 Å². The molecule has 424 valence electrons. The highest BCUT2D eigenvalue weighted by Gasteiger charge is 2.27. The predicted octanol–water partition coefficient (Wildman–Crippen LogP) is 1.62. The molecule has 0 aliphatic carbocycles. The Balaban J connectivity index is 1.18. The molecule has 1 saturated heterocycles. The number of nitrogens with zero attached hydrogens (tertiary/aromatic N) is 4. The number of urea groups is 1. The first kappa shape index (κ1) is 61.3. The van der Waals surface area contributed by atoms with Crippen LogP contribution in [0, 0.1) is 0 Å². The minimum atomic E-state index is -1.56. The lowest BCUT2D eigenvalue weighted by Crippen LogP contribution is -2.51. The number of carbonyl (C=O) groups excluding carboxylic acids is 4. The van der Waals surface area contributed by atoms with Crippen LogP contribution >= 0.6 is 0 Å². The summed E-state index contributed by atoms with van der Waals surface area (Å²) in [5, 5.41) is 71.1. The Morgan fingerprint density at radius 2 is 0.962 bits per heavy atom. The molecule has 0 bridgehead atoms. The van der Waals surface area contributed by atoms with Gasteiger partial charge < -0.3 is 57.2 Å². The zero-order valence-corrected chi connectivity index (χ0v) is 43.4. The number of fused-ring (bicyclic) bond motifs is 1. The number of nitrogens with one attached hydrogen (secondary N) is 5. The second-order valence-electron chi connectivity index (χ2n) is 19.0. The molecule has 0 saturated carbocycles. The summed E-state index contributed by atoms with van der Waals surface area (Å²) in [6, 6.07) is 21.9. The fourth-order valence-electron chi connectivity index (χ4n) is 8.75. The zero-order chi connectivity index (χ0) is 57.4. The molecule has 0 spiro atoms. The van der Waals surface area contributed by atoms with Crippen LogP contribution in [0.4, 0.5) is 10.5 Å². The van der Waals surface area contributed by atoms with Crippen molar-refractivity contribution in [1.82, 2.24) is 40.9 Å². The Bertz CT molecular complexity index is 2750. The SMILES string of the molecule is O=C(O)CC[C@H](NC(=O)N[C@@H](CCCCNC(=O)[C@H](Cc1ccc2ccccc2c1)NC(=O)c1ccc(-c2ccc(NC(=O)CN3CCN(CC(=O)O)CCN(CC(=O)O)CCN(CC(=O)O)CC3)cc2)cc1)C(=O)O)C(=O)O. The first-order valence-corrected chi connectivity index (χ1v) is 25.6. The molecule has 1 fully saturated rings. The van der Waals surface area contributed by atoms with E-state index in [2.05, 4.69) is 26.6 Å². The molecule has 1 aliphatic rings. The van der Waals surface area contributed by atoms with Crippen LogP contribution in [-0.4, -0.2) is 213 Å². The van der Waals surface area contributed by atoms with Crippen LogP contribution in [0.3, 0.4) is 0 Å². The summed E-state index contributed by atoms with van der Waals surface area (Å²) in [6.45, 7) is 1.17. The minimum Gasteiger partial charge on any atom is -0.481 e. The van der Waals surface area contributed by atoms with Gasteiger partial charge in [0.1, 0.15) is 18.1 Å². The number of unbranched alkanes of at least 4 members (excludes halogenated alkanes) is 1. The van der Waals surface area contributed by atoms with E-state index in [0.717, 1.165) is 27.5 Å². The van der Waals surface area contributed by atoms with E-state index in [4.69, 9.17) is 5.11 Å². The number of hydrogen-bond donors (Lipinski definition) is 11. The van der Waals surface area contributed by atoms with Gasteiger partial charge in [0.25, 0.3) is 5.91 Å². The first-order valence-electron chi connectivity index (χ1n) is 25.6. The van der Waals surface area contributed by atoms with E-state index in [9.17, 15) is 73.5 Å². The molecule has 25 heteroatoms. The van der Waals surface area contributed by atoms with Gasteiger partial charge >= 0.3 is 41.8 Å². The maximum Gasteiger partial charge on any atom is 0.326 e. The van der Waals surface area contributed by atoms with Crippen molar-refractivity contribution in [3.8, 4) is 11.1 Å². The van der Waals surface area contributed by atoms with Gasteiger partial charge in [0, 0.05) is 83.0 Å². The topological polar surface area (TPSA) is 365 Å². The van der Waals surface area contributed by atoms with Crippen molar-refractivity contribution in [1.29, 1.82) is 0 Å². The van der Waals surface area contributed by atoms with Crippen molar-refractivity contribution in [2.75, 3.05) is 90.4 Å². The van der Waals surface area contributed by atoms with Gasteiger partial charge in [-0.25, -0.2) is 14.4 Å². The van der Waals surface area contributed by atoms with Crippen LogP contribution in [0.5, 0.6) is 0 Å². The lowest BCUT2D eigenvalue weighted by atomic mass is 10.00. The van der Waals surface area contributed by atoms with Crippen LogP contribution < -0.4 is 26.6 Å². The van der Waals surface area contributed by atoms with E-state index < -0.39 is 84.6 Å². The molecule has 79 heavy (non-hydrogen) atoms. The summed E-state index contributed by atoms with van der Waals surface area (Å²) < 4.78 is 0. The highest BCUT2D eigenvalue weighted by molar-refractivity contribution is 5.98. The average molecular weight is 1100 g/mol. The molecule has 1 heterocycles. The molecule has 0 radical (unpaired) electrons. The molecular weight excluding hydrogens is 1030 g/mol. The number of benzene rings is 4. The number of carbonyl (C=O) groups is 10. The van der Waals surface area contributed by atoms with Crippen LogP contribution in [0.1, 0.15) is 48.0 Å². The monoisotopic (exact) mass is 1100 g/mol. The third-order valence-electron chi connectivity index (χ3n) is 13.0. The van der Waals surface area contributed by atoms with Crippen molar-refractivity contribution >= 4 is 76.0 Å². The first-order chi connectivity index (χ1) is 37.7. The number of hydrogen-bond acceptors (Lipinski definition) is 14. The van der Waals surface area contributed by atoms with Crippen LogP contribution in [-0.2, 0) is 44.8 Å². The van der Waals surface area contributed by atoms with E-state index in [-0.39, 0.29) is 122 Å². The van der Waals surface area contributed by atoms with Crippen LogP contribution in [0.2, 0.25) is 0 Å². The molecule has 11 N–H and O–H groups in total. The fraction of sp³-hybridized carbons (Fsp3) is 0.407. The predicted molar refractivity (Wildman–Crippen MR) is 286 cm³/mol. The number of carboxylic acids is 6. The molecule has 5 rings (SSSR count). The Morgan fingerprint density at radius 3 is 1.46 bits per heavy atom. The number of anilines is 1. The maximum atomic E-state index is 13.8. The third kappa shape index (κ3) is 21.8. The highest BCUT2D eigenvalue weighted by atomic mass is 16.4. The number of rotatable bonds is 27. The van der Waals surface area contributed by atoms with E-state index in [1.807, 2.05) is 47.4 Å². The fourth-order valence-corrected chi connectivity index (χ4v) is 8.75. The summed E-state index contributed by atoms with van der Waals surface area (Å²) >= 11 is 0. The zero-order valence-electron chi connectivity index (χ0n) is 43.4. The molecule has 0 aromatic heterocycles. The molecule has 4 aromatic carbocycles. The normalized spacial score (nSPS) is 15.2. The Labute approximate surface area is 454 Å². The van der Waals surface area contributed by atoms with Gasteiger partial charge in [-0.05, 0) is 77.4 Å². The van der Waals surface area contributed by atoms with Gasteiger partial charge in [-0.3, -0.25) is 53.2 Å². The van der Waals surface area contributed by atoms with E-state index in [1.165, 1.54) is 0 Å². The quantitative estimate of drug-likeness (QED) is 0.0378. The largest absolute Gasteiger partial charge is 0.481 e. The Hall–Kier alpha value is -8.52. The van der Waals surface area contributed by atoms with Crippen molar-refractivity contribution in [3.05, 3.63) is 102 Å². The summed E-state index contributed by atoms with van der Waals surface area (Å²) in [4.78, 5) is 129.